The second-order valence-corrected chi connectivity index (χ2v) is 9.76. The summed E-state index contributed by atoms with van der Waals surface area (Å²) in [5.74, 6) is 0.708. The van der Waals surface area contributed by atoms with Crippen LogP contribution in [0.2, 0.25) is 0 Å². The number of hydrogen-bond acceptors (Lipinski definition) is 7. The molecule has 0 spiro atoms. The summed E-state index contributed by atoms with van der Waals surface area (Å²) in [5, 5.41) is 11.9. The fourth-order valence-corrected chi connectivity index (χ4v) is 4.55. The molecular formula is C28H29F3N4O2S. The van der Waals surface area contributed by atoms with E-state index in [1.807, 2.05) is 37.3 Å². The van der Waals surface area contributed by atoms with Crippen molar-refractivity contribution in [3.63, 3.8) is 0 Å². The predicted molar refractivity (Wildman–Crippen MR) is 144 cm³/mol. The number of carbonyl (C=O) groups excluding carboxylic acids is 1. The van der Waals surface area contributed by atoms with E-state index in [1.54, 1.807) is 37.2 Å². The quantitative estimate of drug-likeness (QED) is 0.128. The molecule has 200 valence electrons. The third kappa shape index (κ3) is 7.27. The lowest BCUT2D eigenvalue weighted by Gasteiger charge is -2.39. The Morgan fingerprint density at radius 1 is 1.16 bits per heavy atom. The molecule has 0 saturated carbocycles. The van der Waals surface area contributed by atoms with Gasteiger partial charge in [0.1, 0.15) is 17.5 Å². The number of pyridine rings is 1. The van der Waals surface area contributed by atoms with Crippen LogP contribution in [0, 0.1) is 18.3 Å². The number of nitrogens with one attached hydrogen (secondary N) is 1. The molecule has 3 aromatic rings. The molecule has 38 heavy (non-hydrogen) atoms. The standard InChI is InChI=1S/C28H29F3N4O2S/c1-19-15-23(7-8-24(19)20-9-11-33-12-10-20)37-14-4-13-35(27(2,3)18-36)26(38)34-22-6-5-21(17-32)25(16-22)28(29,30)31/h5-12,15-16,18,26,34,38H,4,13-14H2,1-3H3. The van der Waals surface area contributed by atoms with Crippen LogP contribution in [0.1, 0.15) is 37.0 Å². The van der Waals surface area contributed by atoms with E-state index in [0.717, 1.165) is 35.1 Å². The van der Waals surface area contributed by atoms with Crippen LogP contribution < -0.4 is 10.1 Å². The summed E-state index contributed by atoms with van der Waals surface area (Å²) in [5.41, 5.74) is 0.0804. The Kier molecular flexibility index (Phi) is 9.41. The Labute approximate surface area is 225 Å². The number of aldehydes is 1. The van der Waals surface area contributed by atoms with Gasteiger partial charge in [0, 0.05) is 24.6 Å². The molecule has 1 unspecified atom stereocenters. The number of thiol groups is 1. The van der Waals surface area contributed by atoms with Crippen molar-refractivity contribution in [2.24, 2.45) is 0 Å². The number of hydrogen-bond donors (Lipinski definition) is 2. The minimum Gasteiger partial charge on any atom is -0.494 e. The summed E-state index contributed by atoms with van der Waals surface area (Å²) >= 11 is 4.54. The number of aryl methyl sites for hydroxylation is 1. The number of anilines is 1. The van der Waals surface area contributed by atoms with Gasteiger partial charge in [-0.15, -0.1) is 12.6 Å². The topological polar surface area (TPSA) is 78.2 Å². The van der Waals surface area contributed by atoms with Crippen LogP contribution in [-0.2, 0) is 11.0 Å². The number of halogens is 3. The first-order valence-corrected chi connectivity index (χ1v) is 12.4. The molecule has 10 heteroatoms. The fraction of sp³-hybridized carbons (Fsp3) is 0.321. The Bertz CT molecular complexity index is 1290. The molecule has 0 radical (unpaired) electrons. The minimum absolute atomic E-state index is 0.129. The van der Waals surface area contributed by atoms with Crippen LogP contribution in [0.25, 0.3) is 11.1 Å². The van der Waals surface area contributed by atoms with Gasteiger partial charge in [-0.25, -0.2) is 0 Å². The van der Waals surface area contributed by atoms with E-state index >= 15 is 0 Å². The number of benzene rings is 2. The molecule has 0 amide bonds. The van der Waals surface area contributed by atoms with Crippen LogP contribution in [0.15, 0.2) is 60.9 Å². The van der Waals surface area contributed by atoms with Gasteiger partial charge in [-0.3, -0.25) is 9.88 Å². The van der Waals surface area contributed by atoms with Gasteiger partial charge >= 0.3 is 6.18 Å². The molecule has 1 atom stereocenters. The molecule has 0 fully saturated rings. The minimum atomic E-state index is -4.68. The van der Waals surface area contributed by atoms with Gasteiger partial charge in [0.05, 0.1) is 29.3 Å². The van der Waals surface area contributed by atoms with Crippen molar-refractivity contribution in [3.05, 3.63) is 77.6 Å². The van der Waals surface area contributed by atoms with Crippen molar-refractivity contribution in [1.29, 1.82) is 5.26 Å². The molecule has 0 bridgehead atoms. The SMILES string of the molecule is Cc1cc(OCCCN(C(S)Nc2ccc(C#N)c(C(F)(F)F)c2)C(C)(C)C=O)ccc1-c1ccncc1. The fourth-order valence-electron chi connectivity index (χ4n) is 3.99. The van der Waals surface area contributed by atoms with Crippen LogP contribution >= 0.6 is 12.6 Å². The number of aromatic nitrogens is 1. The first-order valence-electron chi connectivity index (χ1n) is 11.9. The third-order valence-corrected chi connectivity index (χ3v) is 6.47. The molecule has 2 aromatic carbocycles. The van der Waals surface area contributed by atoms with E-state index in [-0.39, 0.29) is 5.69 Å². The summed E-state index contributed by atoms with van der Waals surface area (Å²) < 4.78 is 46.0. The van der Waals surface area contributed by atoms with Gasteiger partial charge in [-0.1, -0.05) is 6.07 Å². The summed E-state index contributed by atoms with van der Waals surface area (Å²) in [4.78, 5) is 17.6. The van der Waals surface area contributed by atoms with Crippen molar-refractivity contribution in [2.75, 3.05) is 18.5 Å². The van der Waals surface area contributed by atoms with Gasteiger partial charge in [-0.05, 0) is 86.3 Å². The zero-order valence-corrected chi connectivity index (χ0v) is 22.2. The van der Waals surface area contributed by atoms with Gasteiger partial charge in [0.15, 0.2) is 0 Å². The molecule has 1 aromatic heterocycles. The summed E-state index contributed by atoms with van der Waals surface area (Å²) in [6.07, 6.45) is 0.100. The monoisotopic (exact) mass is 542 g/mol. The van der Waals surface area contributed by atoms with E-state index in [4.69, 9.17) is 10.00 Å². The summed E-state index contributed by atoms with van der Waals surface area (Å²) in [6, 6.07) is 14.6. The van der Waals surface area contributed by atoms with Crippen molar-refractivity contribution >= 4 is 24.6 Å². The van der Waals surface area contributed by atoms with Crippen LogP contribution in [-0.4, -0.2) is 40.4 Å². The van der Waals surface area contributed by atoms with E-state index < -0.39 is 28.3 Å². The number of alkyl halides is 3. The summed E-state index contributed by atoms with van der Waals surface area (Å²) in [6.45, 7) is 6.14. The highest BCUT2D eigenvalue weighted by molar-refractivity contribution is 7.81. The zero-order chi connectivity index (χ0) is 27.9. The first-order chi connectivity index (χ1) is 18.0. The van der Waals surface area contributed by atoms with Crippen molar-refractivity contribution < 1.29 is 22.7 Å². The lowest BCUT2D eigenvalue weighted by atomic mass is 10.0. The average molecular weight is 543 g/mol. The van der Waals surface area contributed by atoms with Crippen LogP contribution in [0.4, 0.5) is 18.9 Å². The van der Waals surface area contributed by atoms with Gasteiger partial charge in [0.2, 0.25) is 0 Å². The Morgan fingerprint density at radius 3 is 2.47 bits per heavy atom. The maximum absolute atomic E-state index is 13.4. The normalized spacial score (nSPS) is 12.6. The number of rotatable bonds is 11. The number of nitrogens with zero attached hydrogens (tertiary/aromatic N) is 3. The van der Waals surface area contributed by atoms with Gasteiger partial charge < -0.3 is 14.8 Å². The molecular weight excluding hydrogens is 513 g/mol. The lowest BCUT2D eigenvalue weighted by Crippen LogP contribution is -2.52. The molecule has 0 aliphatic carbocycles. The van der Waals surface area contributed by atoms with Crippen molar-refractivity contribution in [1.82, 2.24) is 9.88 Å². The molecule has 0 aliphatic rings. The number of ether oxygens (including phenoxy) is 1. The van der Waals surface area contributed by atoms with Crippen LogP contribution in [0.5, 0.6) is 5.75 Å². The lowest BCUT2D eigenvalue weighted by molar-refractivity contribution is -0.137. The smallest absolute Gasteiger partial charge is 0.417 e. The molecule has 1 N–H and O–H groups in total. The second kappa shape index (κ2) is 12.3. The first kappa shape index (κ1) is 29.0. The second-order valence-electron chi connectivity index (χ2n) is 9.27. The molecule has 1 heterocycles. The molecule has 0 saturated heterocycles. The van der Waals surface area contributed by atoms with Crippen molar-refractivity contribution in [2.45, 2.75) is 44.4 Å². The Morgan fingerprint density at radius 2 is 1.87 bits per heavy atom. The van der Waals surface area contributed by atoms with E-state index in [0.29, 0.717) is 25.3 Å². The summed E-state index contributed by atoms with van der Waals surface area (Å²) in [7, 11) is 0. The highest BCUT2D eigenvalue weighted by atomic mass is 32.1. The Balaban J connectivity index is 1.65. The third-order valence-electron chi connectivity index (χ3n) is 6.07. The maximum atomic E-state index is 13.4. The maximum Gasteiger partial charge on any atom is 0.417 e. The zero-order valence-electron chi connectivity index (χ0n) is 21.3. The average Bonchev–Trinajstić information content (AvgIpc) is 2.88. The van der Waals surface area contributed by atoms with Crippen molar-refractivity contribution in [3.8, 4) is 22.9 Å². The molecule has 3 rings (SSSR count). The van der Waals surface area contributed by atoms with E-state index in [2.05, 4.69) is 22.9 Å². The molecule has 6 nitrogen and oxygen atoms in total. The highest BCUT2D eigenvalue weighted by Crippen LogP contribution is 2.34. The predicted octanol–water partition coefficient (Wildman–Crippen LogP) is 6.32. The van der Waals surface area contributed by atoms with E-state index in [9.17, 15) is 18.0 Å². The van der Waals surface area contributed by atoms with E-state index in [1.165, 1.54) is 6.07 Å². The molecule has 0 aliphatic heterocycles. The largest absolute Gasteiger partial charge is 0.494 e. The number of nitriles is 1. The van der Waals surface area contributed by atoms with Gasteiger partial charge in [0.25, 0.3) is 0 Å². The number of carbonyl (C=O) groups is 1. The highest BCUT2D eigenvalue weighted by Gasteiger charge is 2.35. The Hall–Kier alpha value is -3.55. The van der Waals surface area contributed by atoms with Gasteiger partial charge in [-0.2, -0.15) is 18.4 Å². The van der Waals surface area contributed by atoms with Crippen LogP contribution in [0.3, 0.4) is 0 Å².